The van der Waals surface area contributed by atoms with Crippen LogP contribution in [-0.4, -0.2) is 13.1 Å². The number of halogens is 1. The van der Waals surface area contributed by atoms with E-state index in [1.807, 2.05) is 12.1 Å². The molecule has 0 saturated carbocycles. The predicted octanol–water partition coefficient (Wildman–Crippen LogP) is 4.07. The van der Waals surface area contributed by atoms with Crippen molar-refractivity contribution in [2.45, 2.75) is 12.8 Å². The van der Waals surface area contributed by atoms with E-state index in [0.29, 0.717) is 0 Å². The van der Waals surface area contributed by atoms with Gasteiger partial charge in [-0.15, -0.1) is 11.3 Å². The second kappa shape index (κ2) is 5.68. The summed E-state index contributed by atoms with van der Waals surface area (Å²) >= 11 is 1.75. The van der Waals surface area contributed by atoms with E-state index in [9.17, 15) is 4.39 Å². The van der Waals surface area contributed by atoms with Gasteiger partial charge in [-0.3, -0.25) is 0 Å². The predicted molar refractivity (Wildman–Crippen MR) is 78.8 cm³/mol. The minimum Gasteiger partial charge on any atom is -0.316 e. The molecule has 0 bridgehead atoms. The minimum atomic E-state index is -0.176. The Kier molecular flexibility index (Phi) is 3.76. The van der Waals surface area contributed by atoms with Gasteiger partial charge in [0.15, 0.2) is 0 Å². The van der Waals surface area contributed by atoms with Crippen molar-refractivity contribution >= 4 is 16.9 Å². The molecule has 1 aliphatic rings. The third-order valence-electron chi connectivity index (χ3n) is 3.46. The highest BCUT2D eigenvalue weighted by Crippen LogP contribution is 2.33. The number of benzene rings is 1. The van der Waals surface area contributed by atoms with E-state index in [-0.39, 0.29) is 5.82 Å². The van der Waals surface area contributed by atoms with Gasteiger partial charge in [-0.25, -0.2) is 4.39 Å². The molecule has 2 aromatic rings. The van der Waals surface area contributed by atoms with Crippen molar-refractivity contribution in [3.8, 4) is 0 Å². The second-order valence-corrected chi connectivity index (χ2v) is 5.66. The quantitative estimate of drug-likeness (QED) is 0.869. The molecule has 1 aromatic carbocycles. The Morgan fingerprint density at radius 3 is 2.42 bits per heavy atom. The number of piperidine rings is 1. The van der Waals surface area contributed by atoms with E-state index in [2.05, 4.69) is 22.8 Å². The average Bonchev–Trinajstić information content (AvgIpc) is 2.96. The summed E-state index contributed by atoms with van der Waals surface area (Å²) < 4.78 is 13.1. The summed E-state index contributed by atoms with van der Waals surface area (Å²) in [4.78, 5) is 1.28. The van der Waals surface area contributed by atoms with Crippen LogP contribution in [-0.2, 0) is 0 Å². The van der Waals surface area contributed by atoms with E-state index in [1.54, 1.807) is 23.5 Å². The van der Waals surface area contributed by atoms with Crippen LogP contribution in [0.5, 0.6) is 0 Å². The highest BCUT2D eigenvalue weighted by Gasteiger charge is 2.15. The summed E-state index contributed by atoms with van der Waals surface area (Å²) in [5.74, 6) is -0.176. The molecular formula is C16H16FNS. The SMILES string of the molecule is Fc1ccc(C(=C2CCNCC2)c2cccs2)cc1. The fraction of sp³-hybridized carbons (Fsp3) is 0.250. The molecule has 1 saturated heterocycles. The molecule has 2 heterocycles. The summed E-state index contributed by atoms with van der Waals surface area (Å²) in [6.45, 7) is 2.07. The lowest BCUT2D eigenvalue weighted by molar-refractivity contribution is 0.611. The fourth-order valence-corrected chi connectivity index (χ4v) is 3.38. The van der Waals surface area contributed by atoms with Gasteiger partial charge in [-0.1, -0.05) is 23.8 Å². The molecule has 0 aliphatic carbocycles. The summed E-state index contributed by atoms with van der Waals surface area (Å²) in [6.07, 6.45) is 2.15. The van der Waals surface area contributed by atoms with Crippen molar-refractivity contribution in [2.75, 3.05) is 13.1 Å². The monoisotopic (exact) mass is 273 g/mol. The zero-order valence-corrected chi connectivity index (χ0v) is 11.5. The third kappa shape index (κ3) is 2.77. The molecule has 1 aliphatic heterocycles. The van der Waals surface area contributed by atoms with Crippen LogP contribution in [0.3, 0.4) is 0 Å². The molecule has 1 nitrogen and oxygen atoms in total. The number of rotatable bonds is 2. The van der Waals surface area contributed by atoms with Gasteiger partial charge in [0, 0.05) is 4.88 Å². The summed E-state index contributed by atoms with van der Waals surface area (Å²) in [6, 6.07) is 11.1. The van der Waals surface area contributed by atoms with Gasteiger partial charge in [0.2, 0.25) is 0 Å². The van der Waals surface area contributed by atoms with Gasteiger partial charge in [-0.05, 0) is 60.6 Å². The van der Waals surface area contributed by atoms with Gasteiger partial charge < -0.3 is 5.32 Å². The van der Waals surface area contributed by atoms with Crippen LogP contribution >= 0.6 is 11.3 Å². The summed E-state index contributed by atoms with van der Waals surface area (Å²) in [7, 11) is 0. The Bertz CT molecular complexity index is 561. The molecule has 0 spiro atoms. The first-order chi connectivity index (χ1) is 9.34. The third-order valence-corrected chi connectivity index (χ3v) is 4.35. The maximum atomic E-state index is 13.1. The number of thiophene rings is 1. The maximum Gasteiger partial charge on any atom is 0.123 e. The number of nitrogens with one attached hydrogen (secondary N) is 1. The molecule has 0 atom stereocenters. The Labute approximate surface area is 116 Å². The maximum absolute atomic E-state index is 13.1. The molecule has 3 rings (SSSR count). The molecule has 0 amide bonds. The minimum absolute atomic E-state index is 0.176. The lowest BCUT2D eigenvalue weighted by Crippen LogP contribution is -2.23. The lowest BCUT2D eigenvalue weighted by Gasteiger charge is -2.20. The van der Waals surface area contributed by atoms with Crippen LogP contribution in [0.4, 0.5) is 4.39 Å². The Hall–Kier alpha value is -1.45. The van der Waals surface area contributed by atoms with Gasteiger partial charge in [0.25, 0.3) is 0 Å². The molecule has 1 aromatic heterocycles. The highest BCUT2D eigenvalue weighted by atomic mass is 32.1. The zero-order chi connectivity index (χ0) is 13.1. The second-order valence-electron chi connectivity index (χ2n) is 4.71. The van der Waals surface area contributed by atoms with Crippen LogP contribution in [0, 0.1) is 5.82 Å². The first kappa shape index (κ1) is 12.6. The number of hydrogen-bond acceptors (Lipinski definition) is 2. The van der Waals surface area contributed by atoms with Gasteiger partial charge >= 0.3 is 0 Å². The molecule has 1 N–H and O–H groups in total. The van der Waals surface area contributed by atoms with E-state index < -0.39 is 0 Å². The highest BCUT2D eigenvalue weighted by molar-refractivity contribution is 7.11. The number of hydrogen-bond donors (Lipinski definition) is 1. The van der Waals surface area contributed by atoms with Gasteiger partial charge in [-0.2, -0.15) is 0 Å². The molecular weight excluding hydrogens is 257 g/mol. The Morgan fingerprint density at radius 1 is 1.05 bits per heavy atom. The van der Waals surface area contributed by atoms with Crippen LogP contribution in [0.15, 0.2) is 47.4 Å². The van der Waals surface area contributed by atoms with E-state index in [1.165, 1.54) is 16.0 Å². The zero-order valence-electron chi connectivity index (χ0n) is 10.7. The lowest BCUT2D eigenvalue weighted by atomic mass is 9.93. The fourth-order valence-electron chi connectivity index (χ4n) is 2.54. The van der Waals surface area contributed by atoms with E-state index in [4.69, 9.17) is 0 Å². The summed E-state index contributed by atoms with van der Waals surface area (Å²) in [5, 5.41) is 5.48. The first-order valence-corrected chi connectivity index (χ1v) is 7.45. The van der Waals surface area contributed by atoms with Crippen molar-refractivity contribution in [2.24, 2.45) is 0 Å². The Balaban J connectivity index is 2.08. The van der Waals surface area contributed by atoms with Crippen molar-refractivity contribution in [3.05, 3.63) is 63.6 Å². The topological polar surface area (TPSA) is 12.0 Å². The van der Waals surface area contributed by atoms with Crippen LogP contribution in [0.2, 0.25) is 0 Å². The van der Waals surface area contributed by atoms with Crippen molar-refractivity contribution in [3.63, 3.8) is 0 Å². The normalized spacial score (nSPS) is 15.5. The van der Waals surface area contributed by atoms with E-state index in [0.717, 1.165) is 31.5 Å². The molecule has 19 heavy (non-hydrogen) atoms. The molecule has 0 unspecified atom stereocenters. The standard InChI is InChI=1S/C16H16FNS/c17-14-5-3-12(4-6-14)16(15-2-1-11-19-15)13-7-9-18-10-8-13/h1-6,11,18H,7-10H2. The van der Waals surface area contributed by atoms with Crippen molar-refractivity contribution in [1.82, 2.24) is 5.32 Å². The Morgan fingerprint density at radius 2 is 1.79 bits per heavy atom. The largest absolute Gasteiger partial charge is 0.316 e. The first-order valence-electron chi connectivity index (χ1n) is 6.57. The molecule has 98 valence electrons. The average molecular weight is 273 g/mol. The molecule has 3 heteroatoms. The van der Waals surface area contributed by atoms with Crippen LogP contribution in [0.1, 0.15) is 23.3 Å². The van der Waals surface area contributed by atoms with Crippen LogP contribution in [0.25, 0.3) is 5.57 Å². The van der Waals surface area contributed by atoms with Crippen molar-refractivity contribution in [1.29, 1.82) is 0 Å². The van der Waals surface area contributed by atoms with Gasteiger partial charge in [0.1, 0.15) is 5.82 Å². The smallest absolute Gasteiger partial charge is 0.123 e. The van der Waals surface area contributed by atoms with Gasteiger partial charge in [0.05, 0.1) is 0 Å². The molecule has 0 radical (unpaired) electrons. The molecule has 1 fully saturated rings. The van der Waals surface area contributed by atoms with E-state index >= 15 is 0 Å². The van der Waals surface area contributed by atoms with Crippen molar-refractivity contribution < 1.29 is 4.39 Å². The summed E-state index contributed by atoms with van der Waals surface area (Å²) in [5.41, 5.74) is 3.91. The van der Waals surface area contributed by atoms with Crippen LogP contribution < -0.4 is 5.32 Å².